The minimum absolute atomic E-state index is 0.163. The van der Waals surface area contributed by atoms with Crippen molar-refractivity contribution in [3.05, 3.63) is 138 Å². The van der Waals surface area contributed by atoms with Gasteiger partial charge >= 0.3 is 0 Å². The summed E-state index contributed by atoms with van der Waals surface area (Å²) in [5, 5.41) is 5.00. The molecule has 0 aliphatic carbocycles. The molecule has 9 nitrogen and oxygen atoms in total. The van der Waals surface area contributed by atoms with Gasteiger partial charge in [-0.15, -0.1) is 11.8 Å². The van der Waals surface area contributed by atoms with E-state index in [1.807, 2.05) is 72.4 Å². The van der Waals surface area contributed by atoms with Gasteiger partial charge in [-0.25, -0.2) is 18.4 Å². The number of rotatable bonds is 15. The Hall–Kier alpha value is -4.65. The molecule has 5 aromatic carbocycles. The molecule has 12 heteroatoms. The van der Waals surface area contributed by atoms with E-state index in [4.69, 9.17) is 11.6 Å². The van der Waals surface area contributed by atoms with Crippen LogP contribution in [-0.4, -0.2) is 86.8 Å². The summed E-state index contributed by atoms with van der Waals surface area (Å²) in [7, 11) is 0.235. The zero-order valence-corrected chi connectivity index (χ0v) is 33.5. The first-order chi connectivity index (χ1) is 26.7. The van der Waals surface area contributed by atoms with Crippen molar-refractivity contribution in [2.45, 2.75) is 28.8 Å². The van der Waals surface area contributed by atoms with E-state index in [0.717, 1.165) is 67.8 Å². The Balaban J connectivity index is 0.981. The van der Waals surface area contributed by atoms with Gasteiger partial charge in [0.2, 0.25) is 0 Å². The average Bonchev–Trinajstić information content (AvgIpc) is 3.20. The number of hydrogen-bond acceptors (Lipinski definition) is 9. The first kappa shape index (κ1) is 38.6. The number of halogens is 1. The fraction of sp³-hybridized carbons (Fsp3) is 0.256. The number of nitrogens with zero attached hydrogens (tertiary/aromatic N) is 5. The molecule has 1 aromatic heterocycles. The number of thioether (sulfide) groups is 1. The van der Waals surface area contributed by atoms with Crippen LogP contribution in [0.1, 0.15) is 12.0 Å². The molecule has 1 aliphatic heterocycles. The number of benzene rings is 5. The van der Waals surface area contributed by atoms with Gasteiger partial charge in [-0.1, -0.05) is 66.2 Å². The van der Waals surface area contributed by atoms with Crippen LogP contribution in [0.15, 0.2) is 137 Å². The summed E-state index contributed by atoms with van der Waals surface area (Å²) in [6.45, 7) is 5.25. The van der Waals surface area contributed by atoms with E-state index >= 15 is 0 Å². The van der Waals surface area contributed by atoms with Crippen molar-refractivity contribution >= 4 is 61.5 Å². The number of aromatic nitrogens is 2. The maximum atomic E-state index is 13.6. The number of nitrogens with one attached hydrogen (secondary N) is 2. The molecule has 0 saturated carbocycles. The van der Waals surface area contributed by atoms with Crippen LogP contribution in [0.3, 0.4) is 0 Å². The lowest BCUT2D eigenvalue weighted by Gasteiger charge is -2.36. The first-order valence-electron chi connectivity index (χ1n) is 18.5. The average molecular weight is 792 g/mol. The molecule has 1 fully saturated rings. The number of anilines is 3. The fourth-order valence-electron chi connectivity index (χ4n) is 6.80. The number of sulfonamides is 1. The monoisotopic (exact) mass is 791 g/mol. The molecule has 1 atom stereocenters. The van der Waals surface area contributed by atoms with E-state index in [2.05, 4.69) is 97.3 Å². The van der Waals surface area contributed by atoms with E-state index in [1.54, 1.807) is 12.1 Å². The van der Waals surface area contributed by atoms with Crippen LogP contribution >= 0.6 is 23.4 Å². The molecule has 2 N–H and O–H groups in total. The number of piperazine rings is 1. The Kier molecular flexibility index (Phi) is 12.5. The van der Waals surface area contributed by atoms with Crippen molar-refractivity contribution in [2.24, 2.45) is 0 Å². The van der Waals surface area contributed by atoms with E-state index in [-0.39, 0.29) is 16.8 Å². The summed E-state index contributed by atoms with van der Waals surface area (Å²) >= 11 is 8.24. The van der Waals surface area contributed by atoms with Crippen LogP contribution in [-0.2, 0) is 16.6 Å². The Morgan fingerprint density at radius 3 is 2.29 bits per heavy atom. The van der Waals surface area contributed by atoms with Crippen LogP contribution in [0.2, 0.25) is 5.02 Å². The maximum absolute atomic E-state index is 13.6. The van der Waals surface area contributed by atoms with Crippen LogP contribution in [0.4, 0.5) is 17.2 Å². The van der Waals surface area contributed by atoms with Crippen LogP contribution in [0.5, 0.6) is 0 Å². The molecule has 0 radical (unpaired) electrons. The minimum atomic E-state index is -3.91. The molecule has 1 saturated heterocycles. The topological polar surface area (TPSA) is 93.7 Å². The second-order valence-corrected chi connectivity index (χ2v) is 17.3. The van der Waals surface area contributed by atoms with E-state index < -0.39 is 10.0 Å². The molecule has 55 heavy (non-hydrogen) atoms. The maximum Gasteiger partial charge on any atom is 0.263 e. The number of hydrogen-bond donors (Lipinski definition) is 2. The highest BCUT2D eigenvalue weighted by Gasteiger charge is 2.21. The quantitative estimate of drug-likeness (QED) is 0.0993. The van der Waals surface area contributed by atoms with Crippen LogP contribution in [0, 0.1) is 0 Å². The zero-order chi connectivity index (χ0) is 38.2. The third-order valence-corrected chi connectivity index (χ3v) is 12.6. The summed E-state index contributed by atoms with van der Waals surface area (Å²) in [4.78, 5) is 17.2. The lowest BCUT2D eigenvalue weighted by Crippen LogP contribution is -2.46. The molecule has 0 amide bonds. The lowest BCUT2D eigenvalue weighted by molar-refractivity contribution is 0.250. The van der Waals surface area contributed by atoms with Gasteiger partial charge in [0.15, 0.2) is 5.82 Å². The predicted molar refractivity (Wildman–Crippen MR) is 229 cm³/mol. The van der Waals surface area contributed by atoms with Gasteiger partial charge < -0.3 is 15.1 Å². The summed E-state index contributed by atoms with van der Waals surface area (Å²) in [5.41, 5.74) is 6.20. The highest BCUT2D eigenvalue weighted by molar-refractivity contribution is 7.99. The van der Waals surface area contributed by atoms with Gasteiger partial charge in [0.1, 0.15) is 6.33 Å². The van der Waals surface area contributed by atoms with Crippen molar-refractivity contribution in [3.8, 4) is 11.1 Å². The van der Waals surface area contributed by atoms with Crippen LogP contribution in [0.25, 0.3) is 22.0 Å². The largest absolute Gasteiger partial charge is 0.381 e. The van der Waals surface area contributed by atoms with Crippen molar-refractivity contribution in [1.29, 1.82) is 0 Å². The Labute approximate surface area is 333 Å². The van der Waals surface area contributed by atoms with Crippen molar-refractivity contribution in [3.63, 3.8) is 0 Å². The molecular weight excluding hydrogens is 746 g/mol. The molecule has 284 valence electrons. The molecule has 2 heterocycles. The molecule has 1 aliphatic rings. The second kappa shape index (κ2) is 17.9. The third kappa shape index (κ3) is 10.2. The van der Waals surface area contributed by atoms with Gasteiger partial charge in [-0.05, 0) is 110 Å². The lowest BCUT2D eigenvalue weighted by atomic mass is 9.99. The SMILES string of the molecule is CN(C)CC[C@H](CSc1ccccc1)Nc1ccc(S(=O)(=O)Nc2ncnc3cc(N4CCN(Cc5cc(Cl)ccc5-c5ccccc5)CC4)ccc23)cc1. The van der Waals surface area contributed by atoms with Crippen molar-refractivity contribution in [2.75, 3.05) is 67.5 Å². The highest BCUT2D eigenvalue weighted by atomic mass is 35.5. The van der Waals surface area contributed by atoms with Crippen LogP contribution < -0.4 is 14.9 Å². The van der Waals surface area contributed by atoms with Gasteiger partial charge in [-0.3, -0.25) is 9.62 Å². The normalized spacial score (nSPS) is 14.3. The molecule has 7 rings (SSSR count). The van der Waals surface area contributed by atoms with Crippen molar-refractivity contribution in [1.82, 2.24) is 19.8 Å². The van der Waals surface area contributed by atoms with Gasteiger partial charge in [0.05, 0.1) is 10.4 Å². The van der Waals surface area contributed by atoms with Gasteiger partial charge in [0, 0.05) is 71.2 Å². The van der Waals surface area contributed by atoms with Crippen molar-refractivity contribution < 1.29 is 8.42 Å². The third-order valence-electron chi connectivity index (χ3n) is 9.79. The molecular formula is C43H46ClN7O2S2. The summed E-state index contributed by atoms with van der Waals surface area (Å²) < 4.78 is 29.9. The first-order valence-corrected chi connectivity index (χ1v) is 21.3. The summed E-state index contributed by atoms with van der Waals surface area (Å²) in [5.74, 6) is 1.14. The van der Waals surface area contributed by atoms with E-state index in [1.165, 1.54) is 27.9 Å². The van der Waals surface area contributed by atoms with Gasteiger partial charge in [-0.2, -0.15) is 0 Å². The minimum Gasteiger partial charge on any atom is -0.381 e. The molecule has 0 unspecified atom stereocenters. The summed E-state index contributed by atoms with van der Waals surface area (Å²) in [6.07, 6.45) is 2.36. The number of fused-ring (bicyclic) bond motifs is 1. The Bertz CT molecular complexity index is 2290. The van der Waals surface area contributed by atoms with Gasteiger partial charge in [0.25, 0.3) is 10.0 Å². The smallest absolute Gasteiger partial charge is 0.263 e. The fourth-order valence-corrected chi connectivity index (χ4v) is 9.02. The zero-order valence-electron chi connectivity index (χ0n) is 31.1. The Morgan fingerprint density at radius 2 is 1.56 bits per heavy atom. The standard InChI is InChI=1S/C43H46ClN7O2S2/c1-49(2)22-21-36(30-54-38-11-7-4-8-12-38)47-35-14-17-39(18-15-35)55(52,53)48-43-41-20-16-37(28-42(41)45-31-46-43)51-25-23-50(24-26-51)29-33-27-34(44)13-19-40(33)32-9-5-3-6-10-32/h3-20,27-28,31,36,47H,21-26,29-30H2,1-2H3,(H,45,46,48)/t36-/m1/s1. The van der Waals surface area contributed by atoms with E-state index in [9.17, 15) is 8.42 Å². The Morgan fingerprint density at radius 1 is 0.836 bits per heavy atom. The predicted octanol–water partition coefficient (Wildman–Crippen LogP) is 8.60. The molecule has 0 bridgehead atoms. The van der Waals surface area contributed by atoms with E-state index in [0.29, 0.717) is 10.9 Å². The highest BCUT2D eigenvalue weighted by Crippen LogP contribution is 2.30. The molecule has 0 spiro atoms. The second-order valence-electron chi connectivity index (χ2n) is 14.0. The molecule has 6 aromatic rings. The summed E-state index contributed by atoms with van der Waals surface area (Å²) in [6, 6.07) is 40.0.